The molecule has 0 radical (unpaired) electrons. The summed E-state index contributed by atoms with van der Waals surface area (Å²) in [4.78, 5) is 12.3. The van der Waals surface area contributed by atoms with Crippen molar-refractivity contribution in [1.82, 2.24) is 0 Å². The molecular formula is C21H18O4. The molecule has 4 heteroatoms. The molecule has 0 fully saturated rings. The summed E-state index contributed by atoms with van der Waals surface area (Å²) in [5.74, 6) is 0.212. The van der Waals surface area contributed by atoms with Crippen molar-refractivity contribution in [2.75, 3.05) is 13.2 Å². The maximum atomic E-state index is 12.3. The average molecular weight is 334 g/mol. The van der Waals surface area contributed by atoms with Gasteiger partial charge in [0.15, 0.2) is 5.78 Å². The van der Waals surface area contributed by atoms with Crippen molar-refractivity contribution in [2.24, 2.45) is 0 Å². The normalized spacial score (nSPS) is 11.5. The molecule has 3 aromatic carbocycles. The Bertz CT molecular complexity index is 911. The van der Waals surface area contributed by atoms with Crippen LogP contribution >= 0.6 is 0 Å². The largest absolute Gasteiger partial charge is 0.507 e. The van der Waals surface area contributed by atoms with Crippen molar-refractivity contribution >= 4 is 22.3 Å². The highest BCUT2D eigenvalue weighted by atomic mass is 16.5. The summed E-state index contributed by atoms with van der Waals surface area (Å²) in [5, 5.41) is 21.1. The maximum Gasteiger partial charge on any atom is 0.189 e. The van der Waals surface area contributed by atoms with Gasteiger partial charge in [-0.3, -0.25) is 4.79 Å². The predicted molar refractivity (Wildman–Crippen MR) is 97.9 cm³/mol. The zero-order chi connectivity index (χ0) is 17.6. The fourth-order valence-corrected chi connectivity index (χ4v) is 2.52. The van der Waals surface area contributed by atoms with Gasteiger partial charge >= 0.3 is 0 Å². The Morgan fingerprint density at radius 1 is 0.920 bits per heavy atom. The number of hydrogen-bond donors (Lipinski definition) is 2. The summed E-state index contributed by atoms with van der Waals surface area (Å²) in [5.41, 5.74) is 1.04. The van der Waals surface area contributed by atoms with E-state index in [2.05, 4.69) is 0 Å². The first kappa shape index (κ1) is 16.7. The molecule has 0 atom stereocenters. The van der Waals surface area contributed by atoms with Crippen molar-refractivity contribution < 1.29 is 19.7 Å². The summed E-state index contributed by atoms with van der Waals surface area (Å²) < 4.78 is 5.26. The van der Waals surface area contributed by atoms with Crippen molar-refractivity contribution in [2.45, 2.75) is 0 Å². The topological polar surface area (TPSA) is 66.8 Å². The molecule has 0 saturated carbocycles. The third kappa shape index (κ3) is 4.05. The Morgan fingerprint density at radius 2 is 1.60 bits per heavy atom. The first-order valence-electron chi connectivity index (χ1n) is 7.95. The molecule has 3 aromatic rings. The molecule has 3 rings (SSSR count). The average Bonchev–Trinajstić information content (AvgIpc) is 2.66. The van der Waals surface area contributed by atoms with Crippen molar-refractivity contribution in [3.8, 4) is 5.75 Å². The molecule has 126 valence electrons. The smallest absolute Gasteiger partial charge is 0.189 e. The second-order valence-electron chi connectivity index (χ2n) is 5.55. The number of rotatable bonds is 6. The van der Waals surface area contributed by atoms with Gasteiger partial charge in [-0.05, 0) is 41.1 Å². The van der Waals surface area contributed by atoms with Gasteiger partial charge in [0.05, 0.1) is 6.61 Å². The van der Waals surface area contributed by atoms with E-state index in [9.17, 15) is 9.90 Å². The minimum absolute atomic E-state index is 0.0664. The Labute approximate surface area is 145 Å². The summed E-state index contributed by atoms with van der Waals surface area (Å²) in [6.07, 6.45) is 1.22. The molecule has 4 nitrogen and oxygen atoms in total. The van der Waals surface area contributed by atoms with Crippen LogP contribution in [-0.2, 0) is 0 Å². The quantitative estimate of drug-likeness (QED) is 0.406. The Morgan fingerprint density at radius 3 is 2.32 bits per heavy atom. The van der Waals surface area contributed by atoms with E-state index in [1.807, 2.05) is 36.4 Å². The number of carbonyl (C=O) groups is 1. The molecule has 2 N–H and O–H groups in total. The number of aliphatic hydroxyl groups is 2. The van der Waals surface area contributed by atoms with Crippen LogP contribution in [0.15, 0.2) is 72.8 Å². The number of hydrogen-bond acceptors (Lipinski definition) is 4. The van der Waals surface area contributed by atoms with Gasteiger partial charge < -0.3 is 14.9 Å². The summed E-state index contributed by atoms with van der Waals surface area (Å²) in [6.45, 7) is 0.138. The number of ketones is 1. The molecule has 0 saturated heterocycles. The van der Waals surface area contributed by atoms with Gasteiger partial charge in [0, 0.05) is 17.2 Å². The van der Waals surface area contributed by atoms with E-state index in [1.165, 1.54) is 6.08 Å². The van der Waals surface area contributed by atoms with E-state index in [0.717, 1.165) is 10.8 Å². The van der Waals surface area contributed by atoms with Crippen molar-refractivity contribution in [3.05, 3.63) is 83.9 Å². The van der Waals surface area contributed by atoms with Crippen molar-refractivity contribution in [3.63, 3.8) is 0 Å². The van der Waals surface area contributed by atoms with Crippen LogP contribution < -0.4 is 4.74 Å². The monoisotopic (exact) mass is 334 g/mol. The third-order valence-corrected chi connectivity index (χ3v) is 3.81. The van der Waals surface area contributed by atoms with Gasteiger partial charge in [-0.1, -0.05) is 36.4 Å². The molecule has 0 spiro atoms. The lowest BCUT2D eigenvalue weighted by Gasteiger charge is -2.05. The number of benzene rings is 3. The first-order valence-corrected chi connectivity index (χ1v) is 7.95. The van der Waals surface area contributed by atoms with Gasteiger partial charge in [0.1, 0.15) is 18.1 Å². The lowest BCUT2D eigenvalue weighted by Crippen LogP contribution is -2.02. The van der Waals surface area contributed by atoms with Crippen LogP contribution in [0, 0.1) is 0 Å². The fourth-order valence-electron chi connectivity index (χ4n) is 2.52. The Hall–Kier alpha value is -3.11. The molecule has 0 aliphatic rings. The van der Waals surface area contributed by atoms with E-state index in [0.29, 0.717) is 16.9 Å². The van der Waals surface area contributed by atoms with Gasteiger partial charge in [-0.2, -0.15) is 0 Å². The van der Waals surface area contributed by atoms with E-state index >= 15 is 0 Å². The van der Waals surface area contributed by atoms with Crippen LogP contribution in [0.4, 0.5) is 0 Å². The zero-order valence-electron chi connectivity index (χ0n) is 13.6. The minimum atomic E-state index is -0.292. The number of allylic oxidation sites excluding steroid dienone is 1. The van der Waals surface area contributed by atoms with Crippen LogP contribution in [0.1, 0.15) is 15.9 Å². The fraction of sp³-hybridized carbons (Fsp3) is 0.0952. The molecule has 0 amide bonds. The lowest BCUT2D eigenvalue weighted by molar-refractivity contribution is 0.104. The van der Waals surface area contributed by atoms with Crippen LogP contribution in [0.3, 0.4) is 0 Å². The molecular weight excluding hydrogens is 316 g/mol. The SMILES string of the molecule is O=C(/C=C(\O)c1ccc2ccccc2c1)c1ccc(OCCO)cc1. The van der Waals surface area contributed by atoms with Crippen LogP contribution in [-0.4, -0.2) is 29.2 Å². The standard InChI is InChI=1S/C21H18O4/c22-11-12-25-19-9-7-16(8-10-19)20(23)14-21(24)18-6-5-15-3-1-2-4-17(15)13-18/h1-10,13-14,22,24H,11-12H2/b21-14-. The van der Waals surface area contributed by atoms with Gasteiger partial charge in [0.2, 0.25) is 0 Å². The molecule has 0 heterocycles. The Balaban J connectivity index is 1.79. The second-order valence-corrected chi connectivity index (χ2v) is 5.55. The van der Waals surface area contributed by atoms with Crippen LogP contribution in [0.25, 0.3) is 16.5 Å². The molecule has 0 unspecified atom stereocenters. The summed E-state index contributed by atoms with van der Waals surface area (Å²) in [6, 6.07) is 19.9. The van der Waals surface area contributed by atoms with Gasteiger partial charge in [-0.15, -0.1) is 0 Å². The molecule has 0 bridgehead atoms. The van der Waals surface area contributed by atoms with E-state index in [1.54, 1.807) is 30.3 Å². The van der Waals surface area contributed by atoms with Crippen molar-refractivity contribution in [1.29, 1.82) is 0 Å². The number of aliphatic hydroxyl groups excluding tert-OH is 2. The third-order valence-electron chi connectivity index (χ3n) is 3.81. The number of fused-ring (bicyclic) bond motifs is 1. The van der Waals surface area contributed by atoms with E-state index in [4.69, 9.17) is 9.84 Å². The van der Waals surface area contributed by atoms with Gasteiger partial charge in [0.25, 0.3) is 0 Å². The molecule has 0 aliphatic heterocycles. The van der Waals surface area contributed by atoms with Crippen LogP contribution in [0.5, 0.6) is 5.75 Å². The Kier molecular flexibility index (Phi) is 5.11. The lowest BCUT2D eigenvalue weighted by atomic mass is 10.0. The highest BCUT2D eigenvalue weighted by molar-refractivity contribution is 6.08. The highest BCUT2D eigenvalue weighted by Crippen LogP contribution is 2.21. The number of carbonyl (C=O) groups excluding carboxylic acids is 1. The highest BCUT2D eigenvalue weighted by Gasteiger charge is 2.07. The predicted octanol–water partition coefficient (Wildman–Crippen LogP) is 3.99. The molecule has 0 aliphatic carbocycles. The maximum absolute atomic E-state index is 12.3. The van der Waals surface area contributed by atoms with Gasteiger partial charge in [-0.25, -0.2) is 0 Å². The molecule has 0 aromatic heterocycles. The molecule has 25 heavy (non-hydrogen) atoms. The number of ether oxygens (including phenoxy) is 1. The van der Waals surface area contributed by atoms with Crippen LogP contribution in [0.2, 0.25) is 0 Å². The van der Waals surface area contributed by atoms with E-state index in [-0.39, 0.29) is 24.8 Å². The zero-order valence-corrected chi connectivity index (χ0v) is 13.6. The van der Waals surface area contributed by atoms with E-state index < -0.39 is 0 Å². The summed E-state index contributed by atoms with van der Waals surface area (Å²) >= 11 is 0. The second kappa shape index (κ2) is 7.64. The first-order chi connectivity index (χ1) is 12.2. The minimum Gasteiger partial charge on any atom is -0.507 e. The summed E-state index contributed by atoms with van der Waals surface area (Å²) in [7, 11) is 0.